The van der Waals surface area contributed by atoms with Crippen LogP contribution in [0.4, 0.5) is 14.6 Å². The summed E-state index contributed by atoms with van der Waals surface area (Å²) in [6, 6.07) is 13.4. The highest BCUT2D eigenvalue weighted by atomic mass is 19.2. The molecule has 1 amide bonds. The maximum Gasteiger partial charge on any atom is 0.229 e. The highest BCUT2D eigenvalue weighted by Gasteiger charge is 2.08. The Hall–Kier alpha value is -3.02. The van der Waals surface area contributed by atoms with Gasteiger partial charge in [-0.2, -0.15) is 5.10 Å². The van der Waals surface area contributed by atoms with E-state index in [2.05, 4.69) is 24.3 Å². The molecule has 2 aromatic carbocycles. The number of carbonyl (C=O) groups excluding carboxylic acids is 1. The van der Waals surface area contributed by atoms with E-state index < -0.39 is 11.6 Å². The summed E-state index contributed by atoms with van der Waals surface area (Å²) in [7, 11) is 0. The molecule has 3 rings (SSSR count). The van der Waals surface area contributed by atoms with Crippen molar-refractivity contribution in [1.29, 1.82) is 0 Å². The Balaban J connectivity index is 1.58. The van der Waals surface area contributed by atoms with Crippen molar-refractivity contribution in [1.82, 2.24) is 9.78 Å². The van der Waals surface area contributed by atoms with Crippen LogP contribution in [0.1, 0.15) is 36.5 Å². The van der Waals surface area contributed by atoms with Gasteiger partial charge in [-0.1, -0.05) is 44.2 Å². The average Bonchev–Trinajstić information content (AvgIpc) is 3.05. The van der Waals surface area contributed by atoms with Crippen LogP contribution in [-0.2, 0) is 17.8 Å². The SMILES string of the molecule is CC(C)c1ccc(CC(=O)Nc2ccn(Cc3ccc(F)c(F)c3)n2)cc1. The van der Waals surface area contributed by atoms with Crippen molar-refractivity contribution in [2.75, 3.05) is 5.32 Å². The van der Waals surface area contributed by atoms with Gasteiger partial charge in [-0.25, -0.2) is 8.78 Å². The van der Waals surface area contributed by atoms with Gasteiger partial charge in [-0.3, -0.25) is 9.48 Å². The molecule has 6 heteroatoms. The van der Waals surface area contributed by atoms with Gasteiger partial charge >= 0.3 is 0 Å². The van der Waals surface area contributed by atoms with E-state index in [0.717, 1.165) is 17.7 Å². The van der Waals surface area contributed by atoms with E-state index in [4.69, 9.17) is 0 Å². The lowest BCUT2D eigenvalue weighted by Gasteiger charge is -2.07. The summed E-state index contributed by atoms with van der Waals surface area (Å²) in [4.78, 5) is 12.2. The van der Waals surface area contributed by atoms with E-state index in [1.807, 2.05) is 24.3 Å². The number of nitrogens with one attached hydrogen (secondary N) is 1. The zero-order valence-electron chi connectivity index (χ0n) is 15.2. The fourth-order valence-corrected chi connectivity index (χ4v) is 2.73. The first-order valence-electron chi connectivity index (χ1n) is 8.77. The molecule has 140 valence electrons. The molecule has 0 bridgehead atoms. The van der Waals surface area contributed by atoms with Crippen molar-refractivity contribution in [3.63, 3.8) is 0 Å². The largest absolute Gasteiger partial charge is 0.309 e. The van der Waals surface area contributed by atoms with Gasteiger partial charge in [0.05, 0.1) is 13.0 Å². The number of rotatable bonds is 6. The lowest BCUT2D eigenvalue weighted by molar-refractivity contribution is -0.115. The van der Waals surface area contributed by atoms with Crippen LogP contribution in [-0.4, -0.2) is 15.7 Å². The van der Waals surface area contributed by atoms with Crippen LogP contribution in [0.3, 0.4) is 0 Å². The minimum atomic E-state index is -0.892. The summed E-state index contributed by atoms with van der Waals surface area (Å²) < 4.78 is 27.8. The van der Waals surface area contributed by atoms with Crippen molar-refractivity contribution in [2.45, 2.75) is 32.7 Å². The predicted octanol–water partition coefficient (Wildman–Crippen LogP) is 4.51. The first-order valence-corrected chi connectivity index (χ1v) is 8.77. The minimum absolute atomic E-state index is 0.162. The smallest absolute Gasteiger partial charge is 0.229 e. The number of nitrogens with zero attached hydrogens (tertiary/aromatic N) is 2. The Bertz CT molecular complexity index is 933. The van der Waals surface area contributed by atoms with Crippen molar-refractivity contribution in [3.05, 3.63) is 83.1 Å². The molecule has 0 aliphatic carbocycles. The molecule has 0 radical (unpaired) electrons. The summed E-state index contributed by atoms with van der Waals surface area (Å²) in [6.45, 7) is 4.53. The summed E-state index contributed by atoms with van der Waals surface area (Å²) in [5, 5.41) is 6.99. The fourth-order valence-electron chi connectivity index (χ4n) is 2.73. The van der Waals surface area contributed by atoms with Gasteiger partial charge < -0.3 is 5.32 Å². The number of benzene rings is 2. The molecular weight excluding hydrogens is 348 g/mol. The lowest BCUT2D eigenvalue weighted by atomic mass is 10.0. The van der Waals surface area contributed by atoms with Crippen molar-refractivity contribution < 1.29 is 13.6 Å². The average molecular weight is 369 g/mol. The Morgan fingerprint density at radius 3 is 2.41 bits per heavy atom. The maximum atomic E-state index is 13.3. The third-order valence-electron chi connectivity index (χ3n) is 4.25. The second-order valence-electron chi connectivity index (χ2n) is 6.77. The standard InChI is InChI=1S/C21H21F2N3O/c1-14(2)17-6-3-15(4-7-17)12-21(27)24-20-9-10-26(25-20)13-16-5-8-18(22)19(23)11-16/h3-11,14H,12-13H2,1-2H3,(H,24,25,27). The summed E-state index contributed by atoms with van der Waals surface area (Å²) in [6.07, 6.45) is 1.93. The maximum absolute atomic E-state index is 13.3. The number of aromatic nitrogens is 2. The quantitative estimate of drug-likeness (QED) is 0.695. The number of hydrogen-bond donors (Lipinski definition) is 1. The zero-order chi connectivity index (χ0) is 19.4. The van der Waals surface area contributed by atoms with Crippen LogP contribution in [0, 0.1) is 11.6 Å². The van der Waals surface area contributed by atoms with E-state index >= 15 is 0 Å². The van der Waals surface area contributed by atoms with Crippen molar-refractivity contribution >= 4 is 11.7 Å². The molecule has 0 unspecified atom stereocenters. The second kappa shape index (κ2) is 8.12. The third-order valence-corrected chi connectivity index (χ3v) is 4.25. The van der Waals surface area contributed by atoms with Gasteiger partial charge in [0.2, 0.25) is 5.91 Å². The molecule has 0 saturated carbocycles. The predicted molar refractivity (Wildman–Crippen MR) is 101 cm³/mol. The number of halogens is 2. The molecule has 27 heavy (non-hydrogen) atoms. The first kappa shape index (κ1) is 18.8. The van der Waals surface area contributed by atoms with Crippen LogP contribution in [0.5, 0.6) is 0 Å². The Kier molecular flexibility index (Phi) is 5.64. The van der Waals surface area contributed by atoms with Crippen LogP contribution >= 0.6 is 0 Å². The molecule has 1 aromatic heterocycles. The number of amides is 1. The van der Waals surface area contributed by atoms with Crippen LogP contribution in [0.15, 0.2) is 54.7 Å². The highest BCUT2D eigenvalue weighted by Crippen LogP contribution is 2.15. The minimum Gasteiger partial charge on any atom is -0.309 e. The van der Waals surface area contributed by atoms with Crippen LogP contribution in [0.2, 0.25) is 0 Å². The van der Waals surface area contributed by atoms with Crippen LogP contribution < -0.4 is 5.32 Å². The molecule has 1 heterocycles. The first-order chi connectivity index (χ1) is 12.9. The van der Waals surface area contributed by atoms with Gasteiger partial charge in [0, 0.05) is 12.3 Å². The van der Waals surface area contributed by atoms with E-state index in [0.29, 0.717) is 17.3 Å². The number of anilines is 1. The second-order valence-corrected chi connectivity index (χ2v) is 6.77. The Morgan fingerprint density at radius 2 is 1.74 bits per heavy atom. The zero-order valence-corrected chi connectivity index (χ0v) is 15.2. The van der Waals surface area contributed by atoms with Gasteiger partial charge in [0.25, 0.3) is 0 Å². The van der Waals surface area contributed by atoms with Gasteiger partial charge in [0.1, 0.15) is 0 Å². The topological polar surface area (TPSA) is 46.9 Å². The summed E-state index contributed by atoms with van der Waals surface area (Å²) >= 11 is 0. The van der Waals surface area contributed by atoms with E-state index in [1.54, 1.807) is 16.9 Å². The molecule has 0 aliphatic rings. The third kappa shape index (κ3) is 5.00. The molecule has 4 nitrogen and oxygen atoms in total. The molecule has 3 aromatic rings. The molecule has 0 fully saturated rings. The van der Waals surface area contributed by atoms with Crippen LogP contribution in [0.25, 0.3) is 0 Å². The molecule has 0 aliphatic heterocycles. The molecule has 1 N–H and O–H groups in total. The number of carbonyl (C=O) groups is 1. The van der Waals surface area contributed by atoms with Gasteiger partial charge in [0.15, 0.2) is 17.5 Å². The van der Waals surface area contributed by atoms with Gasteiger partial charge in [-0.05, 0) is 34.7 Å². The summed E-state index contributed by atoms with van der Waals surface area (Å²) in [5.41, 5.74) is 2.74. The normalized spacial score (nSPS) is 11.0. The number of hydrogen-bond acceptors (Lipinski definition) is 2. The van der Waals surface area contributed by atoms with Crippen molar-refractivity contribution in [2.24, 2.45) is 0 Å². The van der Waals surface area contributed by atoms with E-state index in [9.17, 15) is 13.6 Å². The van der Waals surface area contributed by atoms with E-state index in [-0.39, 0.29) is 18.9 Å². The molecule has 0 saturated heterocycles. The summed E-state index contributed by atoms with van der Waals surface area (Å²) in [5.74, 6) is -1.07. The van der Waals surface area contributed by atoms with Crippen molar-refractivity contribution in [3.8, 4) is 0 Å². The molecular formula is C21H21F2N3O. The Morgan fingerprint density at radius 1 is 1.04 bits per heavy atom. The Labute approximate surface area is 156 Å². The highest BCUT2D eigenvalue weighted by molar-refractivity contribution is 5.91. The lowest BCUT2D eigenvalue weighted by Crippen LogP contribution is -2.15. The monoisotopic (exact) mass is 369 g/mol. The van der Waals surface area contributed by atoms with Gasteiger partial charge in [-0.15, -0.1) is 0 Å². The fraction of sp³-hybridized carbons (Fsp3) is 0.238. The van der Waals surface area contributed by atoms with E-state index in [1.165, 1.54) is 11.6 Å². The molecule has 0 atom stereocenters. The molecule has 0 spiro atoms.